The number of pyridine rings is 1. The van der Waals surface area contributed by atoms with Gasteiger partial charge in [-0.2, -0.15) is 0 Å². The number of nitrogens with one attached hydrogen (secondary N) is 1. The summed E-state index contributed by atoms with van der Waals surface area (Å²) in [4.78, 5) is 23.1. The highest BCUT2D eigenvalue weighted by atomic mass is 79.9. The third kappa shape index (κ3) is 2.65. The lowest BCUT2D eigenvalue weighted by molar-refractivity contribution is 0.180. The molecule has 0 aliphatic rings. The van der Waals surface area contributed by atoms with Gasteiger partial charge in [0.15, 0.2) is 5.82 Å². The van der Waals surface area contributed by atoms with Crippen LogP contribution in [-0.2, 0) is 11.3 Å². The number of methoxy groups -OCH3 is 1. The van der Waals surface area contributed by atoms with Crippen LogP contribution in [0.4, 0.5) is 0 Å². The largest absolute Gasteiger partial charge is 0.378 e. The number of nitrogens with zero attached hydrogens (tertiary/aromatic N) is 2. The van der Waals surface area contributed by atoms with Gasteiger partial charge in [-0.25, -0.2) is 9.97 Å². The average Bonchev–Trinajstić information content (AvgIpc) is 2.35. The van der Waals surface area contributed by atoms with Crippen molar-refractivity contribution >= 4 is 15.9 Å². The molecule has 2 rings (SSSR count). The molecule has 0 bridgehead atoms. The van der Waals surface area contributed by atoms with Gasteiger partial charge in [-0.1, -0.05) is 6.07 Å². The molecule has 0 fully saturated rings. The van der Waals surface area contributed by atoms with Crippen LogP contribution in [0.2, 0.25) is 0 Å². The highest BCUT2D eigenvalue weighted by Gasteiger charge is 2.10. The Morgan fingerprint density at radius 2 is 2.17 bits per heavy atom. The molecule has 0 saturated heterocycles. The van der Waals surface area contributed by atoms with Crippen molar-refractivity contribution in [3.63, 3.8) is 0 Å². The number of rotatable bonds is 3. The van der Waals surface area contributed by atoms with Crippen molar-refractivity contribution in [3.8, 4) is 11.5 Å². The Labute approximate surface area is 112 Å². The number of aromatic nitrogens is 3. The van der Waals surface area contributed by atoms with E-state index < -0.39 is 0 Å². The Hall–Kier alpha value is -1.53. The molecule has 1 N–H and O–H groups in total. The van der Waals surface area contributed by atoms with Gasteiger partial charge in [0.1, 0.15) is 10.2 Å². The summed E-state index contributed by atoms with van der Waals surface area (Å²) in [5.41, 5.74) is 1.82. The number of ether oxygens (including phenoxy) is 1. The fraction of sp³-hybridized carbons (Fsp3) is 0.250. The third-order valence-corrected chi connectivity index (χ3v) is 3.16. The van der Waals surface area contributed by atoms with Gasteiger partial charge < -0.3 is 9.72 Å². The molecule has 0 atom stereocenters. The topological polar surface area (TPSA) is 67.9 Å². The Morgan fingerprint density at radius 3 is 2.83 bits per heavy atom. The summed E-state index contributed by atoms with van der Waals surface area (Å²) >= 11 is 3.20. The van der Waals surface area contributed by atoms with Gasteiger partial charge in [0.05, 0.1) is 12.3 Å². The van der Waals surface area contributed by atoms with Gasteiger partial charge in [-0.15, -0.1) is 0 Å². The number of hydrogen-bond acceptors (Lipinski definition) is 4. The molecule has 2 aromatic rings. The molecule has 0 spiro atoms. The molecule has 0 aromatic carbocycles. The highest BCUT2D eigenvalue weighted by Crippen LogP contribution is 2.15. The molecule has 18 heavy (non-hydrogen) atoms. The van der Waals surface area contributed by atoms with E-state index in [1.165, 1.54) is 0 Å². The van der Waals surface area contributed by atoms with Crippen LogP contribution in [0, 0.1) is 6.92 Å². The van der Waals surface area contributed by atoms with E-state index in [0.717, 1.165) is 5.69 Å². The van der Waals surface area contributed by atoms with Gasteiger partial charge >= 0.3 is 0 Å². The Morgan fingerprint density at radius 1 is 1.39 bits per heavy atom. The van der Waals surface area contributed by atoms with E-state index in [1.54, 1.807) is 13.2 Å². The third-order valence-electron chi connectivity index (χ3n) is 2.34. The molecular formula is C12H12BrN3O2. The molecule has 0 radical (unpaired) electrons. The lowest BCUT2D eigenvalue weighted by Crippen LogP contribution is -2.14. The second-order valence-electron chi connectivity index (χ2n) is 3.77. The van der Waals surface area contributed by atoms with E-state index in [9.17, 15) is 4.79 Å². The van der Waals surface area contributed by atoms with Crippen LogP contribution < -0.4 is 5.56 Å². The fourth-order valence-electron chi connectivity index (χ4n) is 1.53. The Bertz CT molecular complexity index is 625. The summed E-state index contributed by atoms with van der Waals surface area (Å²) < 4.78 is 5.40. The minimum Gasteiger partial charge on any atom is -0.378 e. The summed E-state index contributed by atoms with van der Waals surface area (Å²) in [5, 5.41) is 0. The summed E-state index contributed by atoms with van der Waals surface area (Å²) in [6.45, 7) is 2.15. The van der Waals surface area contributed by atoms with Crippen LogP contribution in [0.25, 0.3) is 11.5 Å². The maximum absolute atomic E-state index is 11.8. The minimum absolute atomic E-state index is 0.240. The van der Waals surface area contributed by atoms with Crippen molar-refractivity contribution in [3.05, 3.63) is 44.4 Å². The summed E-state index contributed by atoms with van der Waals surface area (Å²) in [7, 11) is 1.56. The van der Waals surface area contributed by atoms with Gasteiger partial charge in [-0.3, -0.25) is 4.79 Å². The molecule has 5 nitrogen and oxygen atoms in total. The summed E-state index contributed by atoms with van der Waals surface area (Å²) in [6, 6.07) is 5.56. The van der Waals surface area contributed by atoms with Crippen LogP contribution in [0.1, 0.15) is 11.4 Å². The molecule has 6 heteroatoms. The molecule has 0 aliphatic heterocycles. The van der Waals surface area contributed by atoms with E-state index in [-0.39, 0.29) is 12.2 Å². The van der Waals surface area contributed by atoms with Gasteiger partial charge in [0.25, 0.3) is 5.56 Å². The van der Waals surface area contributed by atoms with Gasteiger partial charge in [0, 0.05) is 12.8 Å². The second-order valence-corrected chi connectivity index (χ2v) is 4.57. The first kappa shape index (κ1) is 12.9. The van der Waals surface area contributed by atoms with Crippen LogP contribution >= 0.6 is 15.9 Å². The number of H-pyrrole nitrogens is 1. The van der Waals surface area contributed by atoms with Gasteiger partial charge in [-0.05, 0) is 35.0 Å². The van der Waals surface area contributed by atoms with E-state index in [0.29, 0.717) is 21.7 Å². The van der Waals surface area contributed by atoms with Crippen molar-refractivity contribution in [2.75, 3.05) is 7.11 Å². The molecule has 0 aliphatic carbocycles. The zero-order valence-corrected chi connectivity index (χ0v) is 11.6. The van der Waals surface area contributed by atoms with Crippen LogP contribution in [-0.4, -0.2) is 22.1 Å². The summed E-state index contributed by atoms with van der Waals surface area (Å²) in [6.07, 6.45) is 0. The molecular weight excluding hydrogens is 298 g/mol. The van der Waals surface area contributed by atoms with E-state index in [4.69, 9.17) is 4.74 Å². The number of aryl methyl sites for hydroxylation is 1. The Balaban J connectivity index is 2.55. The lowest BCUT2D eigenvalue weighted by Gasteiger charge is -2.06. The maximum atomic E-state index is 11.8. The van der Waals surface area contributed by atoms with Crippen LogP contribution in [0.5, 0.6) is 0 Å². The first-order chi connectivity index (χ1) is 8.61. The van der Waals surface area contributed by atoms with Crippen molar-refractivity contribution in [1.29, 1.82) is 0 Å². The average molecular weight is 310 g/mol. The van der Waals surface area contributed by atoms with Crippen molar-refractivity contribution in [1.82, 2.24) is 15.0 Å². The standard InChI is InChI=1S/C12H12BrN3O2/c1-7-4-3-5-8(14-7)11-15-9(6-18-2)10(13)12(17)16-11/h3-5H,6H2,1-2H3,(H,15,16,17). The van der Waals surface area contributed by atoms with E-state index >= 15 is 0 Å². The van der Waals surface area contributed by atoms with Crippen LogP contribution in [0.3, 0.4) is 0 Å². The fourth-order valence-corrected chi connectivity index (χ4v) is 1.84. The molecule has 94 valence electrons. The Kier molecular flexibility index (Phi) is 3.88. The normalized spacial score (nSPS) is 10.6. The highest BCUT2D eigenvalue weighted by molar-refractivity contribution is 9.10. The zero-order valence-electron chi connectivity index (χ0n) is 10.0. The van der Waals surface area contributed by atoms with Crippen molar-refractivity contribution < 1.29 is 4.74 Å². The molecule has 0 unspecified atom stereocenters. The predicted molar refractivity (Wildman–Crippen MR) is 71.2 cm³/mol. The van der Waals surface area contributed by atoms with E-state index in [1.807, 2.05) is 19.1 Å². The van der Waals surface area contributed by atoms with Crippen molar-refractivity contribution in [2.45, 2.75) is 13.5 Å². The number of aromatic amines is 1. The first-order valence-corrected chi connectivity index (χ1v) is 6.13. The monoisotopic (exact) mass is 309 g/mol. The summed E-state index contributed by atoms with van der Waals surface area (Å²) in [5.74, 6) is 0.443. The van der Waals surface area contributed by atoms with Crippen LogP contribution in [0.15, 0.2) is 27.5 Å². The number of hydrogen-bond donors (Lipinski definition) is 1. The molecule has 0 saturated carbocycles. The molecule has 0 amide bonds. The molecule has 2 heterocycles. The SMILES string of the molecule is COCc1nc(-c2cccc(C)n2)[nH]c(=O)c1Br. The van der Waals surface area contributed by atoms with Gasteiger partial charge in [0.2, 0.25) is 0 Å². The number of halogens is 1. The lowest BCUT2D eigenvalue weighted by atomic mass is 10.3. The second kappa shape index (κ2) is 5.41. The van der Waals surface area contributed by atoms with Crippen molar-refractivity contribution in [2.24, 2.45) is 0 Å². The minimum atomic E-state index is -0.240. The maximum Gasteiger partial charge on any atom is 0.265 e. The molecule has 2 aromatic heterocycles. The first-order valence-electron chi connectivity index (χ1n) is 5.33. The van der Waals surface area contributed by atoms with E-state index in [2.05, 4.69) is 30.9 Å². The zero-order chi connectivity index (χ0) is 13.1. The predicted octanol–water partition coefficient (Wildman–Crippen LogP) is 2.05. The quantitative estimate of drug-likeness (QED) is 0.942. The smallest absolute Gasteiger partial charge is 0.265 e.